The Morgan fingerprint density at radius 3 is 2.78 bits per heavy atom. The Kier molecular flexibility index (Phi) is 6.29. The average molecular weight is 317 g/mol. The van der Waals surface area contributed by atoms with Crippen molar-refractivity contribution in [2.45, 2.75) is 20.4 Å². The monoisotopic (exact) mass is 316 g/mol. The number of amides is 1. The van der Waals surface area contributed by atoms with Gasteiger partial charge in [-0.15, -0.1) is 0 Å². The maximum absolute atomic E-state index is 13.4. The first-order chi connectivity index (χ1) is 8.50. The van der Waals surface area contributed by atoms with Crippen LogP contribution in [0.25, 0.3) is 0 Å². The summed E-state index contributed by atoms with van der Waals surface area (Å²) in [7, 11) is 0. The van der Waals surface area contributed by atoms with Gasteiger partial charge < -0.3 is 10.6 Å². The zero-order chi connectivity index (χ0) is 13.5. The first-order valence-corrected chi connectivity index (χ1v) is 6.72. The topological polar surface area (TPSA) is 41.1 Å². The van der Waals surface area contributed by atoms with Gasteiger partial charge in [0.1, 0.15) is 5.82 Å². The predicted octanol–water partition coefficient (Wildman–Crippen LogP) is 2.45. The summed E-state index contributed by atoms with van der Waals surface area (Å²) < 4.78 is 14.2. The predicted molar refractivity (Wildman–Crippen MR) is 73.7 cm³/mol. The van der Waals surface area contributed by atoms with Gasteiger partial charge in [-0.25, -0.2) is 4.39 Å². The van der Waals surface area contributed by atoms with Crippen LogP contribution >= 0.6 is 15.9 Å². The largest absolute Gasteiger partial charge is 0.355 e. The van der Waals surface area contributed by atoms with E-state index in [1.54, 1.807) is 12.1 Å². The standard InChI is InChI=1S/C13H18BrFN2O/c1-9(2)13(18)17-6-5-16-8-10-7-11(14)3-4-12(10)15/h3-4,7,9,16H,5-6,8H2,1-2H3,(H,17,18). The summed E-state index contributed by atoms with van der Waals surface area (Å²) in [5, 5.41) is 5.88. The molecule has 1 aromatic rings. The van der Waals surface area contributed by atoms with E-state index in [4.69, 9.17) is 0 Å². The normalized spacial score (nSPS) is 10.7. The van der Waals surface area contributed by atoms with Crippen molar-refractivity contribution in [1.82, 2.24) is 10.6 Å². The van der Waals surface area contributed by atoms with Gasteiger partial charge in [0.05, 0.1) is 0 Å². The molecule has 0 fully saturated rings. The third-order valence-corrected chi connectivity index (χ3v) is 2.94. The van der Waals surface area contributed by atoms with Crippen molar-refractivity contribution in [2.24, 2.45) is 5.92 Å². The number of nitrogens with one attached hydrogen (secondary N) is 2. The molecule has 0 aliphatic rings. The van der Waals surface area contributed by atoms with E-state index in [0.29, 0.717) is 25.2 Å². The molecule has 0 atom stereocenters. The quantitative estimate of drug-likeness (QED) is 0.791. The number of benzene rings is 1. The van der Waals surface area contributed by atoms with Crippen molar-refractivity contribution in [2.75, 3.05) is 13.1 Å². The van der Waals surface area contributed by atoms with E-state index in [9.17, 15) is 9.18 Å². The van der Waals surface area contributed by atoms with Gasteiger partial charge in [0.25, 0.3) is 0 Å². The highest BCUT2D eigenvalue weighted by Crippen LogP contribution is 2.15. The minimum Gasteiger partial charge on any atom is -0.355 e. The molecule has 0 bridgehead atoms. The minimum absolute atomic E-state index is 0.00692. The van der Waals surface area contributed by atoms with Gasteiger partial charge in [-0.05, 0) is 18.2 Å². The lowest BCUT2D eigenvalue weighted by atomic mass is 10.2. The summed E-state index contributed by atoms with van der Waals surface area (Å²) in [5.41, 5.74) is 0.611. The summed E-state index contributed by atoms with van der Waals surface area (Å²) in [5.74, 6) is -0.199. The maximum Gasteiger partial charge on any atom is 0.222 e. The zero-order valence-corrected chi connectivity index (χ0v) is 12.2. The molecule has 0 heterocycles. The molecule has 0 spiro atoms. The van der Waals surface area contributed by atoms with E-state index >= 15 is 0 Å². The van der Waals surface area contributed by atoms with Crippen molar-refractivity contribution in [3.8, 4) is 0 Å². The molecule has 1 amide bonds. The fourth-order valence-corrected chi connectivity index (χ4v) is 1.79. The lowest BCUT2D eigenvalue weighted by Crippen LogP contribution is -2.34. The lowest BCUT2D eigenvalue weighted by molar-refractivity contribution is -0.123. The summed E-state index contributed by atoms with van der Waals surface area (Å²) in [6.07, 6.45) is 0. The maximum atomic E-state index is 13.4. The molecule has 1 rings (SSSR count). The van der Waals surface area contributed by atoms with Crippen LogP contribution in [0.1, 0.15) is 19.4 Å². The third-order valence-electron chi connectivity index (χ3n) is 2.45. The molecular weight excluding hydrogens is 299 g/mol. The average Bonchev–Trinajstić information content (AvgIpc) is 2.32. The van der Waals surface area contributed by atoms with E-state index in [-0.39, 0.29) is 17.6 Å². The Labute approximate surface area is 115 Å². The van der Waals surface area contributed by atoms with Gasteiger partial charge in [0.2, 0.25) is 5.91 Å². The molecule has 0 saturated carbocycles. The molecule has 18 heavy (non-hydrogen) atoms. The van der Waals surface area contributed by atoms with Gasteiger partial charge in [-0.2, -0.15) is 0 Å². The van der Waals surface area contributed by atoms with E-state index < -0.39 is 0 Å². The van der Waals surface area contributed by atoms with Crippen LogP contribution in [-0.4, -0.2) is 19.0 Å². The van der Waals surface area contributed by atoms with Crippen molar-refractivity contribution >= 4 is 21.8 Å². The molecule has 100 valence electrons. The first kappa shape index (κ1) is 15.1. The number of hydrogen-bond donors (Lipinski definition) is 2. The Bertz CT molecular complexity index is 410. The van der Waals surface area contributed by atoms with E-state index in [0.717, 1.165) is 4.47 Å². The van der Waals surface area contributed by atoms with Crippen molar-refractivity contribution in [3.05, 3.63) is 34.1 Å². The Hall–Kier alpha value is -0.940. The molecule has 3 nitrogen and oxygen atoms in total. The van der Waals surface area contributed by atoms with Crippen LogP contribution in [0.2, 0.25) is 0 Å². The molecule has 1 aromatic carbocycles. The van der Waals surface area contributed by atoms with Crippen LogP contribution in [-0.2, 0) is 11.3 Å². The number of hydrogen-bond acceptors (Lipinski definition) is 2. The summed E-state index contributed by atoms with van der Waals surface area (Å²) in [6, 6.07) is 4.85. The fraction of sp³-hybridized carbons (Fsp3) is 0.462. The molecule has 0 radical (unpaired) electrons. The Morgan fingerprint density at radius 2 is 2.11 bits per heavy atom. The molecule has 0 aliphatic carbocycles. The summed E-state index contributed by atoms with van der Waals surface area (Å²) in [6.45, 7) is 5.30. The van der Waals surface area contributed by atoms with Gasteiger partial charge >= 0.3 is 0 Å². The van der Waals surface area contributed by atoms with Gasteiger partial charge in [0, 0.05) is 35.6 Å². The minimum atomic E-state index is -0.225. The van der Waals surface area contributed by atoms with Crippen LogP contribution in [0.3, 0.4) is 0 Å². The number of carbonyl (C=O) groups excluding carboxylic acids is 1. The van der Waals surface area contributed by atoms with Crippen LogP contribution in [0, 0.1) is 11.7 Å². The van der Waals surface area contributed by atoms with Crippen LogP contribution in [0.5, 0.6) is 0 Å². The molecule has 5 heteroatoms. The summed E-state index contributed by atoms with van der Waals surface area (Å²) >= 11 is 3.30. The Morgan fingerprint density at radius 1 is 1.39 bits per heavy atom. The van der Waals surface area contributed by atoms with Gasteiger partial charge in [-0.3, -0.25) is 4.79 Å². The van der Waals surface area contributed by atoms with Crippen molar-refractivity contribution in [3.63, 3.8) is 0 Å². The molecular formula is C13H18BrFN2O. The molecule has 0 saturated heterocycles. The second-order valence-electron chi connectivity index (χ2n) is 4.36. The zero-order valence-electron chi connectivity index (χ0n) is 10.6. The molecule has 0 unspecified atom stereocenters. The molecule has 2 N–H and O–H groups in total. The second kappa shape index (κ2) is 7.48. The summed E-state index contributed by atoms with van der Waals surface area (Å²) in [4.78, 5) is 11.3. The lowest BCUT2D eigenvalue weighted by Gasteiger charge is -2.09. The van der Waals surface area contributed by atoms with E-state index in [1.165, 1.54) is 6.07 Å². The third kappa shape index (κ3) is 5.14. The van der Waals surface area contributed by atoms with E-state index in [1.807, 2.05) is 13.8 Å². The number of rotatable bonds is 6. The molecule has 0 aromatic heterocycles. The molecule has 0 aliphatic heterocycles. The number of carbonyl (C=O) groups is 1. The SMILES string of the molecule is CC(C)C(=O)NCCNCc1cc(Br)ccc1F. The van der Waals surface area contributed by atoms with E-state index in [2.05, 4.69) is 26.6 Å². The van der Waals surface area contributed by atoms with Crippen LogP contribution < -0.4 is 10.6 Å². The van der Waals surface area contributed by atoms with Gasteiger partial charge in [-0.1, -0.05) is 29.8 Å². The first-order valence-electron chi connectivity index (χ1n) is 5.93. The smallest absolute Gasteiger partial charge is 0.222 e. The Balaban J connectivity index is 2.26. The highest BCUT2D eigenvalue weighted by molar-refractivity contribution is 9.10. The van der Waals surface area contributed by atoms with Gasteiger partial charge in [0.15, 0.2) is 0 Å². The van der Waals surface area contributed by atoms with Crippen molar-refractivity contribution < 1.29 is 9.18 Å². The van der Waals surface area contributed by atoms with Crippen molar-refractivity contribution in [1.29, 1.82) is 0 Å². The van der Waals surface area contributed by atoms with Crippen LogP contribution in [0.15, 0.2) is 22.7 Å². The van der Waals surface area contributed by atoms with Crippen LogP contribution in [0.4, 0.5) is 4.39 Å². The number of halogens is 2. The fourth-order valence-electron chi connectivity index (χ4n) is 1.38. The second-order valence-corrected chi connectivity index (χ2v) is 5.27. The highest BCUT2D eigenvalue weighted by Gasteiger charge is 2.05. The highest BCUT2D eigenvalue weighted by atomic mass is 79.9.